The molecule has 2 heterocycles. The molecule has 1 fully saturated rings. The van der Waals surface area contributed by atoms with Crippen molar-refractivity contribution in [3.05, 3.63) is 22.4 Å². The van der Waals surface area contributed by atoms with E-state index in [1.54, 1.807) is 30.3 Å². The van der Waals surface area contributed by atoms with Crippen molar-refractivity contribution in [1.82, 2.24) is 20.4 Å². The zero-order chi connectivity index (χ0) is 17.9. The van der Waals surface area contributed by atoms with E-state index in [1.807, 2.05) is 0 Å². The Morgan fingerprint density at radius 3 is 2.62 bits per heavy atom. The maximum atomic E-state index is 11.8. The highest BCUT2D eigenvalue weighted by atomic mass is 127. The van der Waals surface area contributed by atoms with Crippen molar-refractivity contribution in [2.24, 2.45) is 4.99 Å². The number of thiophene rings is 1. The second kappa shape index (κ2) is 13.3. The van der Waals surface area contributed by atoms with Gasteiger partial charge in [-0.05, 0) is 43.8 Å². The van der Waals surface area contributed by atoms with Crippen LogP contribution in [0.2, 0.25) is 0 Å². The molecule has 8 heteroatoms. The minimum absolute atomic E-state index is 0. The second-order valence-electron chi connectivity index (χ2n) is 6.54. The van der Waals surface area contributed by atoms with E-state index >= 15 is 0 Å². The average Bonchev–Trinajstić information content (AvgIpc) is 3.13. The van der Waals surface area contributed by atoms with Gasteiger partial charge in [0.2, 0.25) is 5.91 Å². The molecule has 2 rings (SSSR count). The molecule has 0 aromatic carbocycles. The molecule has 1 aromatic heterocycles. The van der Waals surface area contributed by atoms with Gasteiger partial charge in [-0.15, -0.1) is 35.3 Å². The van der Waals surface area contributed by atoms with Crippen LogP contribution in [0, 0.1) is 0 Å². The first-order valence-corrected chi connectivity index (χ1v) is 10.00. The normalized spacial score (nSPS) is 15.2. The number of nitrogens with zero attached hydrogens (tertiary/aromatic N) is 3. The molecular formula is C18H32IN5OS. The number of likely N-dealkylation sites (tertiary alicyclic amines) is 1. The maximum absolute atomic E-state index is 11.8. The molecular weight excluding hydrogens is 461 g/mol. The quantitative estimate of drug-likeness (QED) is 0.331. The van der Waals surface area contributed by atoms with Crippen molar-refractivity contribution in [3.63, 3.8) is 0 Å². The van der Waals surface area contributed by atoms with Crippen LogP contribution in [0.15, 0.2) is 22.5 Å². The number of nitrogens with one attached hydrogen (secondary N) is 2. The van der Waals surface area contributed by atoms with Gasteiger partial charge in [-0.3, -0.25) is 4.79 Å². The number of carbonyl (C=O) groups excluding carboxylic acids is 1. The minimum Gasteiger partial charge on any atom is -0.356 e. The van der Waals surface area contributed by atoms with Gasteiger partial charge in [-0.25, -0.2) is 4.99 Å². The van der Waals surface area contributed by atoms with E-state index in [9.17, 15) is 4.79 Å². The van der Waals surface area contributed by atoms with Crippen molar-refractivity contribution in [1.29, 1.82) is 0 Å². The van der Waals surface area contributed by atoms with Gasteiger partial charge in [0.05, 0.1) is 0 Å². The molecule has 0 spiro atoms. The van der Waals surface area contributed by atoms with Gasteiger partial charge in [-0.1, -0.05) is 12.5 Å². The lowest BCUT2D eigenvalue weighted by molar-refractivity contribution is -0.127. The molecule has 1 aliphatic rings. The number of hydrogen-bond acceptors (Lipinski definition) is 4. The Balaban J connectivity index is 0.00000338. The van der Waals surface area contributed by atoms with Crippen LogP contribution in [0.5, 0.6) is 0 Å². The van der Waals surface area contributed by atoms with E-state index in [0.717, 1.165) is 32.0 Å². The number of amides is 1. The molecule has 0 unspecified atom stereocenters. The third-order valence-corrected chi connectivity index (χ3v) is 5.22. The van der Waals surface area contributed by atoms with Gasteiger partial charge >= 0.3 is 0 Å². The summed E-state index contributed by atoms with van der Waals surface area (Å²) < 4.78 is 0. The lowest BCUT2D eigenvalue weighted by atomic mass is 10.1. The number of hydrogen-bond donors (Lipinski definition) is 2. The smallest absolute Gasteiger partial charge is 0.243 e. The summed E-state index contributed by atoms with van der Waals surface area (Å²) >= 11 is 1.77. The number of rotatable bonds is 8. The fraction of sp³-hybridized carbons (Fsp3) is 0.667. The molecule has 0 atom stereocenters. The van der Waals surface area contributed by atoms with Gasteiger partial charge in [0.1, 0.15) is 6.54 Å². The highest BCUT2D eigenvalue weighted by molar-refractivity contribution is 14.0. The number of likely N-dealkylation sites (N-methyl/N-ethyl adjacent to an activating group) is 1. The highest BCUT2D eigenvalue weighted by Crippen LogP contribution is 2.08. The predicted octanol–water partition coefficient (Wildman–Crippen LogP) is 2.02. The summed E-state index contributed by atoms with van der Waals surface area (Å²) in [7, 11) is 3.51. The van der Waals surface area contributed by atoms with Gasteiger partial charge < -0.3 is 20.4 Å². The van der Waals surface area contributed by atoms with Crippen molar-refractivity contribution in [3.8, 4) is 0 Å². The number of carbonyl (C=O) groups is 1. The Morgan fingerprint density at radius 2 is 1.96 bits per heavy atom. The molecule has 148 valence electrons. The molecule has 1 saturated heterocycles. The Morgan fingerprint density at radius 1 is 1.23 bits per heavy atom. The Kier molecular flexibility index (Phi) is 11.9. The maximum Gasteiger partial charge on any atom is 0.243 e. The van der Waals surface area contributed by atoms with E-state index in [2.05, 4.69) is 38.0 Å². The van der Waals surface area contributed by atoms with Crippen LogP contribution in [-0.2, 0) is 11.2 Å². The van der Waals surface area contributed by atoms with Crippen LogP contribution >= 0.6 is 35.3 Å². The molecule has 0 bridgehead atoms. The van der Waals surface area contributed by atoms with Gasteiger partial charge in [0, 0.05) is 38.6 Å². The molecule has 0 radical (unpaired) electrons. The number of guanidine groups is 1. The Labute approximate surface area is 178 Å². The van der Waals surface area contributed by atoms with Crippen LogP contribution < -0.4 is 10.6 Å². The molecule has 0 aliphatic carbocycles. The topological polar surface area (TPSA) is 60.0 Å². The fourth-order valence-electron chi connectivity index (χ4n) is 2.74. The summed E-state index contributed by atoms with van der Waals surface area (Å²) in [5.41, 5.74) is 0. The molecule has 6 nitrogen and oxygen atoms in total. The summed E-state index contributed by atoms with van der Waals surface area (Å²) in [6.07, 6.45) is 4.92. The number of halogens is 1. The van der Waals surface area contributed by atoms with Gasteiger partial charge in [0.15, 0.2) is 5.96 Å². The lowest BCUT2D eigenvalue weighted by Crippen LogP contribution is -2.43. The molecule has 1 amide bonds. The third kappa shape index (κ3) is 9.18. The van der Waals surface area contributed by atoms with Crippen molar-refractivity contribution in [2.45, 2.75) is 25.7 Å². The first-order chi connectivity index (χ1) is 12.1. The Hall–Kier alpha value is -0.870. The standard InChI is InChI=1S/C18H31N5OS.HI/c1-22(2)17(24)15-21-18(19-9-8-16-7-6-14-25-16)20-10-13-23-11-4-3-5-12-23;/h6-7,14H,3-5,8-13,15H2,1-2H3,(H2,19,20,21);1H. The average molecular weight is 493 g/mol. The summed E-state index contributed by atoms with van der Waals surface area (Å²) in [6.45, 7) is 5.24. The van der Waals surface area contributed by atoms with E-state index < -0.39 is 0 Å². The summed E-state index contributed by atoms with van der Waals surface area (Å²) in [4.78, 5) is 21.6. The molecule has 2 N–H and O–H groups in total. The van der Waals surface area contributed by atoms with Gasteiger partial charge in [0.25, 0.3) is 0 Å². The van der Waals surface area contributed by atoms with Crippen LogP contribution in [0.3, 0.4) is 0 Å². The summed E-state index contributed by atoms with van der Waals surface area (Å²) in [6, 6.07) is 4.21. The molecule has 0 saturated carbocycles. The number of piperidine rings is 1. The van der Waals surface area contributed by atoms with Crippen molar-refractivity contribution >= 4 is 47.2 Å². The predicted molar refractivity (Wildman–Crippen MR) is 121 cm³/mol. The Bertz CT molecular complexity index is 530. The first kappa shape index (κ1) is 23.2. The fourth-order valence-corrected chi connectivity index (χ4v) is 3.45. The summed E-state index contributed by atoms with van der Waals surface area (Å²) in [5.74, 6) is 0.735. The van der Waals surface area contributed by atoms with E-state index in [1.165, 1.54) is 37.2 Å². The second-order valence-corrected chi connectivity index (χ2v) is 7.57. The number of aliphatic imine (C=N–C) groups is 1. The van der Waals surface area contributed by atoms with E-state index in [4.69, 9.17) is 0 Å². The zero-order valence-electron chi connectivity index (χ0n) is 15.9. The van der Waals surface area contributed by atoms with Crippen LogP contribution in [-0.4, -0.2) is 75.0 Å². The molecule has 1 aromatic rings. The first-order valence-electron chi connectivity index (χ1n) is 9.12. The van der Waals surface area contributed by atoms with Gasteiger partial charge in [-0.2, -0.15) is 0 Å². The molecule has 1 aliphatic heterocycles. The summed E-state index contributed by atoms with van der Waals surface area (Å²) in [5, 5.41) is 8.81. The largest absolute Gasteiger partial charge is 0.356 e. The minimum atomic E-state index is 0. The van der Waals surface area contributed by atoms with Crippen LogP contribution in [0.4, 0.5) is 0 Å². The van der Waals surface area contributed by atoms with Crippen LogP contribution in [0.1, 0.15) is 24.1 Å². The monoisotopic (exact) mass is 493 g/mol. The third-order valence-electron chi connectivity index (χ3n) is 4.28. The van der Waals surface area contributed by atoms with Crippen molar-refractivity contribution < 1.29 is 4.79 Å². The van der Waals surface area contributed by atoms with Crippen LogP contribution in [0.25, 0.3) is 0 Å². The lowest BCUT2D eigenvalue weighted by Gasteiger charge is -2.26. The van der Waals surface area contributed by atoms with E-state index in [-0.39, 0.29) is 36.4 Å². The SMILES string of the molecule is CN(C)C(=O)CN=C(NCCc1cccs1)NCCN1CCCCC1.I. The molecule has 26 heavy (non-hydrogen) atoms. The highest BCUT2D eigenvalue weighted by Gasteiger charge is 2.10. The zero-order valence-corrected chi connectivity index (χ0v) is 19.0. The van der Waals surface area contributed by atoms with Crippen molar-refractivity contribution in [2.75, 3.05) is 53.4 Å². The van der Waals surface area contributed by atoms with E-state index in [0.29, 0.717) is 0 Å².